The fraction of sp³-hybridized carbons (Fsp3) is 0.875. The molecule has 1 fully saturated rings. The lowest BCUT2D eigenvalue weighted by atomic mass is 10.3. The van der Waals surface area contributed by atoms with Gasteiger partial charge in [-0.05, 0) is 6.92 Å². The van der Waals surface area contributed by atoms with Crippen molar-refractivity contribution in [2.24, 2.45) is 0 Å². The van der Waals surface area contributed by atoms with E-state index in [0.29, 0.717) is 19.6 Å². The van der Waals surface area contributed by atoms with Crippen LogP contribution in [-0.4, -0.2) is 55.2 Å². The topological polar surface area (TPSA) is 86.7 Å². The van der Waals surface area contributed by atoms with Crippen molar-refractivity contribution in [2.45, 2.75) is 19.4 Å². The third kappa shape index (κ3) is 3.77. The van der Waals surface area contributed by atoms with Gasteiger partial charge in [-0.15, -0.1) is 0 Å². The quantitative estimate of drug-likeness (QED) is 0.659. The summed E-state index contributed by atoms with van der Waals surface area (Å²) in [5, 5.41) is 11.6. The zero-order valence-electron chi connectivity index (χ0n) is 8.64. The maximum atomic E-state index is 11.7. The fourth-order valence-electron chi connectivity index (χ4n) is 1.49. The predicted molar refractivity (Wildman–Crippen MR) is 55.1 cm³/mol. The van der Waals surface area contributed by atoms with Crippen LogP contribution in [0.1, 0.15) is 13.3 Å². The van der Waals surface area contributed by atoms with E-state index in [1.165, 1.54) is 4.31 Å². The molecule has 7 heteroatoms. The van der Waals surface area contributed by atoms with Gasteiger partial charge >= 0.3 is 5.97 Å². The summed E-state index contributed by atoms with van der Waals surface area (Å²) in [7, 11) is -3.40. The predicted octanol–water partition coefficient (Wildman–Crippen LogP) is -0.915. The van der Waals surface area contributed by atoms with Gasteiger partial charge in [-0.25, -0.2) is 8.42 Å². The third-order valence-corrected chi connectivity index (χ3v) is 4.14. The highest BCUT2D eigenvalue weighted by Crippen LogP contribution is 2.07. The molecule has 2 N–H and O–H groups in total. The molecule has 0 amide bonds. The summed E-state index contributed by atoms with van der Waals surface area (Å²) in [6, 6.07) is 0.123. The summed E-state index contributed by atoms with van der Waals surface area (Å²) >= 11 is 0. The molecule has 88 valence electrons. The highest BCUT2D eigenvalue weighted by Gasteiger charge is 2.26. The van der Waals surface area contributed by atoms with Crippen LogP contribution in [0.4, 0.5) is 0 Å². The van der Waals surface area contributed by atoms with E-state index in [-0.39, 0.29) is 18.2 Å². The Labute approximate surface area is 89.3 Å². The van der Waals surface area contributed by atoms with E-state index >= 15 is 0 Å². The molecule has 0 aromatic rings. The number of nitrogens with one attached hydrogen (secondary N) is 1. The first-order valence-corrected chi connectivity index (χ1v) is 6.46. The van der Waals surface area contributed by atoms with Crippen LogP contribution in [0.15, 0.2) is 0 Å². The van der Waals surface area contributed by atoms with Crippen LogP contribution in [-0.2, 0) is 14.8 Å². The summed E-state index contributed by atoms with van der Waals surface area (Å²) in [5.74, 6) is -1.39. The molecular formula is C8H16N2O4S. The van der Waals surface area contributed by atoms with Crippen LogP contribution < -0.4 is 5.32 Å². The first-order chi connectivity index (χ1) is 6.92. The zero-order chi connectivity index (χ0) is 11.5. The number of hydrogen-bond donors (Lipinski definition) is 2. The Morgan fingerprint density at radius 2 is 2.27 bits per heavy atom. The lowest BCUT2D eigenvalue weighted by molar-refractivity contribution is -0.136. The molecular weight excluding hydrogens is 220 g/mol. The van der Waals surface area contributed by atoms with Crippen LogP contribution in [0.2, 0.25) is 0 Å². The highest BCUT2D eigenvalue weighted by atomic mass is 32.2. The van der Waals surface area contributed by atoms with Gasteiger partial charge in [-0.3, -0.25) is 4.79 Å². The molecule has 15 heavy (non-hydrogen) atoms. The number of carboxylic acid groups (broad SMARTS) is 1. The average molecular weight is 236 g/mol. The van der Waals surface area contributed by atoms with E-state index in [1.807, 2.05) is 6.92 Å². The van der Waals surface area contributed by atoms with E-state index in [1.54, 1.807) is 0 Å². The number of carbonyl (C=O) groups is 1. The second-order valence-electron chi connectivity index (χ2n) is 3.67. The molecule has 0 aromatic heterocycles. The molecule has 1 aliphatic heterocycles. The molecule has 1 aliphatic rings. The normalized spacial score (nSPS) is 23.9. The van der Waals surface area contributed by atoms with Crippen molar-refractivity contribution in [1.29, 1.82) is 0 Å². The van der Waals surface area contributed by atoms with Crippen LogP contribution in [0, 0.1) is 0 Å². The summed E-state index contributed by atoms with van der Waals surface area (Å²) in [5.41, 5.74) is 0. The first-order valence-electron chi connectivity index (χ1n) is 4.85. The minimum absolute atomic E-state index is 0.123. The van der Waals surface area contributed by atoms with Gasteiger partial charge in [-0.1, -0.05) is 0 Å². The lowest BCUT2D eigenvalue weighted by Crippen LogP contribution is -2.51. The van der Waals surface area contributed by atoms with Crippen molar-refractivity contribution in [3.8, 4) is 0 Å². The number of nitrogens with zero attached hydrogens (tertiary/aromatic N) is 1. The number of aliphatic carboxylic acids is 1. The Hall–Kier alpha value is -0.660. The van der Waals surface area contributed by atoms with Gasteiger partial charge in [0.05, 0.1) is 12.2 Å². The Morgan fingerprint density at radius 3 is 2.80 bits per heavy atom. The van der Waals surface area contributed by atoms with E-state index in [2.05, 4.69) is 5.32 Å². The number of carboxylic acids is 1. The van der Waals surface area contributed by atoms with Crippen molar-refractivity contribution in [1.82, 2.24) is 9.62 Å². The maximum Gasteiger partial charge on any atom is 0.304 e. The van der Waals surface area contributed by atoms with Gasteiger partial charge in [0.2, 0.25) is 10.0 Å². The minimum Gasteiger partial charge on any atom is -0.481 e. The monoisotopic (exact) mass is 236 g/mol. The Balaban J connectivity index is 2.56. The van der Waals surface area contributed by atoms with Crippen LogP contribution in [0.3, 0.4) is 0 Å². The van der Waals surface area contributed by atoms with E-state index < -0.39 is 16.0 Å². The zero-order valence-corrected chi connectivity index (χ0v) is 9.46. The second kappa shape index (κ2) is 4.91. The molecule has 1 atom stereocenters. The Morgan fingerprint density at radius 1 is 1.60 bits per heavy atom. The molecule has 0 spiro atoms. The lowest BCUT2D eigenvalue weighted by Gasteiger charge is -2.30. The van der Waals surface area contributed by atoms with Crippen molar-refractivity contribution < 1.29 is 18.3 Å². The largest absolute Gasteiger partial charge is 0.481 e. The van der Waals surface area contributed by atoms with Gasteiger partial charge in [0.1, 0.15) is 0 Å². The van der Waals surface area contributed by atoms with E-state index in [0.717, 1.165) is 0 Å². The molecule has 1 heterocycles. The molecule has 0 aromatic carbocycles. The molecule has 0 radical (unpaired) electrons. The summed E-state index contributed by atoms with van der Waals surface area (Å²) in [4.78, 5) is 10.3. The minimum atomic E-state index is -3.40. The molecule has 0 bridgehead atoms. The molecule has 6 nitrogen and oxygen atoms in total. The maximum absolute atomic E-state index is 11.7. The van der Waals surface area contributed by atoms with Gasteiger partial charge in [0, 0.05) is 25.7 Å². The van der Waals surface area contributed by atoms with E-state index in [4.69, 9.17) is 5.11 Å². The van der Waals surface area contributed by atoms with Crippen molar-refractivity contribution in [3.63, 3.8) is 0 Å². The standard InChI is InChI=1S/C8H16N2O4S/c1-7-6-10(4-3-9-7)15(13,14)5-2-8(11)12/h7,9H,2-6H2,1H3,(H,11,12)/t7-/m1/s1. The Kier molecular flexibility index (Phi) is 4.06. The van der Waals surface area contributed by atoms with Crippen LogP contribution >= 0.6 is 0 Å². The molecule has 1 rings (SSSR count). The number of sulfonamides is 1. The third-order valence-electron chi connectivity index (χ3n) is 2.30. The summed E-state index contributed by atoms with van der Waals surface area (Å²) in [6.45, 7) is 3.36. The highest BCUT2D eigenvalue weighted by molar-refractivity contribution is 7.89. The first kappa shape index (κ1) is 12.4. The van der Waals surface area contributed by atoms with Gasteiger partial charge < -0.3 is 10.4 Å². The van der Waals surface area contributed by atoms with Gasteiger partial charge in [0.15, 0.2) is 0 Å². The molecule has 0 unspecified atom stereocenters. The Bertz CT molecular complexity index is 328. The number of hydrogen-bond acceptors (Lipinski definition) is 4. The summed E-state index contributed by atoms with van der Waals surface area (Å²) < 4.78 is 24.7. The summed E-state index contributed by atoms with van der Waals surface area (Å²) in [6.07, 6.45) is -0.333. The molecule has 0 aliphatic carbocycles. The molecule has 1 saturated heterocycles. The second-order valence-corrected chi connectivity index (χ2v) is 5.76. The van der Waals surface area contributed by atoms with Crippen LogP contribution in [0.5, 0.6) is 0 Å². The molecule has 0 saturated carbocycles. The van der Waals surface area contributed by atoms with Crippen molar-refractivity contribution in [3.05, 3.63) is 0 Å². The van der Waals surface area contributed by atoms with Gasteiger partial charge in [-0.2, -0.15) is 4.31 Å². The van der Waals surface area contributed by atoms with Crippen molar-refractivity contribution in [2.75, 3.05) is 25.4 Å². The smallest absolute Gasteiger partial charge is 0.304 e. The van der Waals surface area contributed by atoms with Crippen LogP contribution in [0.25, 0.3) is 0 Å². The number of rotatable bonds is 4. The SMILES string of the molecule is C[C@@H]1CN(S(=O)(=O)CCC(=O)O)CCN1. The van der Waals surface area contributed by atoms with E-state index in [9.17, 15) is 13.2 Å². The van der Waals surface area contributed by atoms with Crippen molar-refractivity contribution >= 4 is 16.0 Å². The van der Waals surface area contributed by atoms with Gasteiger partial charge in [0.25, 0.3) is 0 Å². The fourth-order valence-corrected chi connectivity index (χ4v) is 3.01. The number of piperazine rings is 1. The average Bonchev–Trinajstić information content (AvgIpc) is 2.15.